The molecule has 4 aromatic rings. The number of aromatic carboxylic acids is 2. The summed E-state index contributed by atoms with van der Waals surface area (Å²) >= 11 is 0. The van der Waals surface area contributed by atoms with E-state index in [1.165, 1.54) is 74.8 Å². The van der Waals surface area contributed by atoms with Crippen LogP contribution in [0.1, 0.15) is 50.4 Å². The summed E-state index contributed by atoms with van der Waals surface area (Å²) in [4.78, 5) is 41.1. The number of aromatic hydroxyl groups is 4. The number of benzene rings is 4. The van der Waals surface area contributed by atoms with Crippen molar-refractivity contribution < 1.29 is 125 Å². The van der Waals surface area contributed by atoms with Crippen molar-refractivity contribution in [2.24, 2.45) is 40.9 Å². The van der Waals surface area contributed by atoms with E-state index in [2.05, 4.69) is 64.5 Å². The number of rotatable bonds is 10. The zero-order valence-electron chi connectivity index (χ0n) is 30.4. The Kier molecular flexibility index (Phi) is 48.1. The van der Waals surface area contributed by atoms with Gasteiger partial charge in [-0.05, 0) is 60.7 Å². The Morgan fingerprint density at radius 1 is 0.517 bits per heavy atom. The van der Waals surface area contributed by atoms with Crippen LogP contribution in [0.5, 0.6) is 34.5 Å². The van der Waals surface area contributed by atoms with Gasteiger partial charge in [-0.2, -0.15) is 30.7 Å². The van der Waals surface area contributed by atoms with Crippen LogP contribution in [0.2, 0.25) is 0 Å². The summed E-state index contributed by atoms with van der Waals surface area (Å²) in [6.45, 7) is 0.476. The first-order valence-corrected chi connectivity index (χ1v) is 13.8. The first-order chi connectivity index (χ1) is 24.8. The van der Waals surface area contributed by atoms with Gasteiger partial charge in [-0.1, -0.05) is 29.7 Å². The van der Waals surface area contributed by atoms with Crippen molar-refractivity contribution in [1.82, 2.24) is 0 Å². The van der Waals surface area contributed by atoms with Crippen molar-refractivity contribution in [3.8, 4) is 34.5 Å². The average Bonchev–Trinajstić information content (AvgIpc) is 3.11. The van der Waals surface area contributed by atoms with Gasteiger partial charge >= 0.3 is 11.9 Å². The van der Waals surface area contributed by atoms with E-state index in [-0.39, 0.29) is 169 Å². The third-order valence-electron chi connectivity index (χ3n) is 5.46. The van der Waals surface area contributed by atoms with Gasteiger partial charge in [0.25, 0.3) is 12.9 Å². The van der Waals surface area contributed by atoms with Crippen LogP contribution in [0, 0.1) is 28.9 Å². The minimum atomic E-state index is -1.21. The van der Waals surface area contributed by atoms with Crippen molar-refractivity contribution in [3.63, 3.8) is 0 Å². The molecule has 0 bridgehead atoms. The van der Waals surface area contributed by atoms with Crippen LogP contribution in [-0.2, 0) is 75.0 Å². The normalized spacial score (nSPS) is 8.97. The molecule has 0 spiro atoms. The van der Waals surface area contributed by atoms with Crippen molar-refractivity contribution in [1.29, 1.82) is 0 Å². The average molecular weight is 991 g/mol. The summed E-state index contributed by atoms with van der Waals surface area (Å²) in [5.74, 6) is -3.09. The summed E-state index contributed by atoms with van der Waals surface area (Å²) < 4.78 is 8.98. The predicted molar refractivity (Wildman–Crippen MR) is 220 cm³/mol. The number of phenols is 4. The molecule has 0 saturated heterocycles. The Morgan fingerprint density at radius 3 is 1.02 bits per heavy atom. The van der Waals surface area contributed by atoms with Gasteiger partial charge in [-0.15, -0.1) is 0 Å². The minimum Gasteiger partial charge on any atom is -0.507 e. The molecule has 0 amide bonds. The molecule has 0 atom stereocenters. The zero-order chi connectivity index (χ0) is 39.1. The van der Waals surface area contributed by atoms with Crippen molar-refractivity contribution in [2.75, 3.05) is 14.1 Å². The number of nitrogens with zero attached hydrogens (tertiary/aromatic N) is 8. The minimum absolute atomic E-state index is 0. The van der Waals surface area contributed by atoms with Gasteiger partial charge in [0, 0.05) is 91.6 Å². The summed E-state index contributed by atoms with van der Waals surface area (Å²) in [5, 5.41) is 81.8. The van der Waals surface area contributed by atoms with Crippen molar-refractivity contribution in [3.05, 3.63) is 113 Å². The predicted octanol–water partition coefficient (Wildman–Crippen LogP) is 10.7. The molecule has 2 radical (unpaired) electrons. The van der Waals surface area contributed by atoms with Crippen LogP contribution in [0.4, 0.5) is 22.7 Å². The van der Waals surface area contributed by atoms with Crippen LogP contribution >= 0.6 is 0 Å². The van der Waals surface area contributed by atoms with Crippen LogP contribution < -0.4 is 9.47 Å². The van der Waals surface area contributed by atoms with E-state index in [1.807, 2.05) is 0 Å². The number of azo groups is 4. The molecule has 4 rings (SSSR count). The van der Waals surface area contributed by atoms with Crippen LogP contribution in [-0.4, -0.2) is 69.6 Å². The fourth-order valence-electron chi connectivity index (χ4n) is 3.33. The van der Waals surface area contributed by atoms with Gasteiger partial charge in [0.15, 0.2) is 23.0 Å². The van der Waals surface area contributed by atoms with Crippen LogP contribution in [0.3, 0.4) is 0 Å². The van der Waals surface area contributed by atoms with E-state index < -0.39 is 11.9 Å². The monoisotopic (exact) mass is 990 g/mol. The van der Waals surface area contributed by atoms with Gasteiger partial charge in [0.1, 0.15) is 22.6 Å². The molecule has 0 aliphatic rings. The van der Waals surface area contributed by atoms with E-state index in [9.17, 15) is 29.4 Å². The molecule has 60 heavy (non-hydrogen) atoms. The maximum Gasteiger partial charge on any atom is 0.339 e. The Hall–Kier alpha value is -5.69. The second-order valence-corrected chi connectivity index (χ2v) is 8.83. The third-order valence-corrected chi connectivity index (χ3v) is 5.46. The number of hydrogen-bond acceptors (Lipinski definition) is 18. The molecule has 0 heterocycles. The van der Waals surface area contributed by atoms with E-state index in [1.54, 1.807) is 12.1 Å². The van der Waals surface area contributed by atoms with E-state index in [4.69, 9.17) is 20.4 Å². The molecule has 0 aliphatic carbocycles. The SMILES string of the molecule is C.C.C.C.CN=Nc1ccc(O)c(OC=O)c1.CN=Nc1ccc(O)c(OC=O)c1.[CH2-]N=Nc1ccc(O)c(C(=O)O)c1.[CH2-]N=Nc1ccc(O)c(C(=O)O)c1.[CH3-].[CH3-].[Y].[Y]. The van der Waals surface area contributed by atoms with Gasteiger partial charge in [0.2, 0.25) is 0 Å². The van der Waals surface area contributed by atoms with Gasteiger partial charge < -0.3 is 65.2 Å². The molecular formula is C38H52N8O12Y2-4. The molecule has 0 unspecified atom stereocenters. The van der Waals surface area contributed by atoms with Gasteiger partial charge in [-0.3, -0.25) is 23.7 Å². The molecule has 6 N–H and O–H groups in total. The summed E-state index contributed by atoms with van der Waals surface area (Å²) in [6, 6.07) is 16.5. The maximum atomic E-state index is 10.5. The number of carboxylic acids is 2. The number of carboxylic acid groups (broad SMARTS) is 2. The standard InChI is InChI=1S/2C8H8N2O3.2C8H7N2O3.4CH4.2CH3.2Y/c2*1-9-10-6-2-3-7(12)8(4-6)13-5-11;2*1-9-10-5-2-3-7(11)6(4-5)8(12)13;;;;;;;;/h2*2-5,12H,1H3;2*2-4,11H,1H2,(H,12,13);4*1H4;2*1H3;;/q;;2*-1;;;;;2*-1;;. The maximum absolute atomic E-state index is 10.5. The quantitative estimate of drug-likeness (QED) is 0.0491. The molecule has 4 aromatic carbocycles. The number of ether oxygens (including phenoxy) is 2. The van der Waals surface area contributed by atoms with Crippen LogP contribution in [0.25, 0.3) is 0 Å². The second-order valence-electron chi connectivity index (χ2n) is 8.83. The molecule has 0 aromatic heterocycles. The third kappa shape index (κ3) is 26.3. The molecule has 326 valence electrons. The number of phenolic OH excluding ortho intramolecular Hbond substituents is 2. The van der Waals surface area contributed by atoms with E-state index in [0.29, 0.717) is 22.7 Å². The Morgan fingerprint density at radius 2 is 0.783 bits per heavy atom. The zero-order valence-corrected chi connectivity index (χ0v) is 36.0. The van der Waals surface area contributed by atoms with Crippen LogP contribution in [0.15, 0.2) is 114 Å². The second kappa shape index (κ2) is 40.1. The van der Waals surface area contributed by atoms with Gasteiger partial charge in [0.05, 0.1) is 22.7 Å². The number of carbonyl (C=O) groups is 4. The Labute approximate surface area is 401 Å². The molecule has 0 saturated carbocycles. The Bertz CT molecular complexity index is 1830. The van der Waals surface area contributed by atoms with Gasteiger partial charge in [-0.25, -0.2) is 9.59 Å². The van der Waals surface area contributed by atoms with Crippen molar-refractivity contribution >= 4 is 47.6 Å². The molecule has 0 aliphatic heterocycles. The number of hydrogen-bond donors (Lipinski definition) is 6. The molecule has 20 nitrogen and oxygen atoms in total. The van der Waals surface area contributed by atoms with E-state index in [0.717, 1.165) is 0 Å². The molecule has 22 heteroatoms. The summed E-state index contributed by atoms with van der Waals surface area (Å²) in [5.41, 5.74) is 1.29. The smallest absolute Gasteiger partial charge is 0.339 e. The first-order valence-electron chi connectivity index (χ1n) is 13.8. The van der Waals surface area contributed by atoms with E-state index >= 15 is 0 Å². The Balaban J connectivity index is -0.0000000959. The first kappa shape index (κ1) is 72.0. The largest absolute Gasteiger partial charge is 0.507 e. The number of carbonyl (C=O) groups excluding carboxylic acids is 2. The summed E-state index contributed by atoms with van der Waals surface area (Å²) in [7, 11) is 9.29. The topological polar surface area (TPSA) is 307 Å². The molecule has 0 fully saturated rings. The van der Waals surface area contributed by atoms with Crippen molar-refractivity contribution in [2.45, 2.75) is 29.7 Å². The fourth-order valence-corrected chi connectivity index (χ4v) is 3.33. The molecular weight excluding hydrogens is 938 g/mol. The summed E-state index contributed by atoms with van der Waals surface area (Å²) in [6.07, 6.45) is 0. The fraction of sp³-hybridized carbons (Fsp3) is 0.158.